The second-order valence-corrected chi connectivity index (χ2v) is 5.61. The summed E-state index contributed by atoms with van der Waals surface area (Å²) in [6, 6.07) is -0.581. The van der Waals surface area contributed by atoms with Crippen molar-refractivity contribution in [1.82, 2.24) is 15.0 Å². The predicted molar refractivity (Wildman–Crippen MR) is 78.6 cm³/mol. The number of rotatable bonds is 7. The van der Waals surface area contributed by atoms with Gasteiger partial charge in [-0.3, -0.25) is 0 Å². The number of carboxylic acids is 1. The molecule has 0 saturated carbocycles. The Morgan fingerprint density at radius 2 is 2.21 bits per heavy atom. The second kappa shape index (κ2) is 7.71. The lowest BCUT2D eigenvalue weighted by molar-refractivity contribution is -0.148. The number of carboxylic acid groups (broad SMARTS) is 1. The molecular formula is C14H21N3O7. The topological polar surface area (TPSA) is 147 Å². The number of ether oxygens (including phenoxy) is 2. The van der Waals surface area contributed by atoms with Crippen LogP contribution in [0.1, 0.15) is 18.7 Å². The average molecular weight is 343 g/mol. The molecule has 10 heteroatoms. The SMILES string of the molecule is COCc1cnnn1[C@H]1C=C(C(=O)O)O[C@@H]([C@H](O)C(O)CO)[C@@H]1C. The summed E-state index contributed by atoms with van der Waals surface area (Å²) >= 11 is 0. The van der Waals surface area contributed by atoms with Crippen LogP contribution in [-0.2, 0) is 20.9 Å². The van der Waals surface area contributed by atoms with E-state index in [0.29, 0.717) is 5.69 Å². The van der Waals surface area contributed by atoms with Crippen LogP contribution in [0.5, 0.6) is 0 Å². The van der Waals surface area contributed by atoms with Gasteiger partial charge in [-0.1, -0.05) is 12.1 Å². The first-order valence-electron chi connectivity index (χ1n) is 7.37. The normalized spacial score (nSPS) is 26.4. The van der Waals surface area contributed by atoms with Gasteiger partial charge < -0.3 is 29.9 Å². The fourth-order valence-electron chi connectivity index (χ4n) is 2.68. The highest BCUT2D eigenvalue weighted by atomic mass is 16.5. The highest BCUT2D eigenvalue weighted by molar-refractivity contribution is 5.84. The monoisotopic (exact) mass is 343 g/mol. The van der Waals surface area contributed by atoms with Gasteiger partial charge >= 0.3 is 5.97 Å². The van der Waals surface area contributed by atoms with Gasteiger partial charge in [-0.25, -0.2) is 9.48 Å². The number of carbonyl (C=O) groups is 1. The van der Waals surface area contributed by atoms with E-state index in [9.17, 15) is 20.1 Å². The number of aliphatic hydroxyl groups is 3. The first-order valence-corrected chi connectivity index (χ1v) is 7.37. The summed E-state index contributed by atoms with van der Waals surface area (Å²) in [6.45, 7) is 1.26. The van der Waals surface area contributed by atoms with Gasteiger partial charge in [0.05, 0.1) is 31.1 Å². The fourth-order valence-corrected chi connectivity index (χ4v) is 2.68. The molecule has 0 spiro atoms. The van der Waals surface area contributed by atoms with Crippen LogP contribution in [0.3, 0.4) is 0 Å². The van der Waals surface area contributed by atoms with Gasteiger partial charge in [0.15, 0.2) is 0 Å². The molecule has 134 valence electrons. The van der Waals surface area contributed by atoms with Gasteiger partial charge in [0.25, 0.3) is 0 Å². The summed E-state index contributed by atoms with van der Waals surface area (Å²) < 4.78 is 11.9. The Balaban J connectivity index is 2.39. The molecule has 0 bridgehead atoms. The molecule has 1 aliphatic heterocycles. The summed E-state index contributed by atoms with van der Waals surface area (Å²) in [6.07, 6.45) is -1.11. The van der Waals surface area contributed by atoms with Gasteiger partial charge in [-0.05, 0) is 6.08 Å². The maximum atomic E-state index is 11.3. The molecule has 0 amide bonds. The van der Waals surface area contributed by atoms with Crippen LogP contribution in [0.4, 0.5) is 0 Å². The number of hydrogen-bond donors (Lipinski definition) is 4. The van der Waals surface area contributed by atoms with Crippen molar-refractivity contribution in [1.29, 1.82) is 0 Å². The number of allylic oxidation sites excluding steroid dienone is 1. The minimum atomic E-state index is -1.47. The molecule has 0 fully saturated rings. The molecule has 4 N–H and O–H groups in total. The van der Waals surface area contributed by atoms with E-state index in [4.69, 9.17) is 14.6 Å². The van der Waals surface area contributed by atoms with Gasteiger partial charge in [0.1, 0.15) is 18.3 Å². The van der Waals surface area contributed by atoms with Crippen LogP contribution in [0, 0.1) is 5.92 Å². The molecule has 0 saturated heterocycles. The largest absolute Gasteiger partial charge is 0.480 e. The summed E-state index contributed by atoms with van der Waals surface area (Å²) in [7, 11) is 1.51. The van der Waals surface area contributed by atoms with Crippen molar-refractivity contribution in [2.45, 2.75) is 37.9 Å². The zero-order valence-corrected chi connectivity index (χ0v) is 13.3. The molecule has 1 unspecified atom stereocenters. The quantitative estimate of drug-likeness (QED) is 0.473. The van der Waals surface area contributed by atoms with E-state index >= 15 is 0 Å². The third kappa shape index (κ3) is 3.56. The Bertz CT molecular complexity index is 603. The Morgan fingerprint density at radius 1 is 1.50 bits per heavy atom. The summed E-state index contributed by atoms with van der Waals surface area (Å²) in [5, 5.41) is 45.9. The third-order valence-electron chi connectivity index (χ3n) is 3.99. The molecule has 24 heavy (non-hydrogen) atoms. The third-order valence-corrected chi connectivity index (χ3v) is 3.99. The number of nitrogens with zero attached hydrogens (tertiary/aromatic N) is 3. The van der Waals surface area contributed by atoms with Gasteiger partial charge in [0, 0.05) is 13.0 Å². The lowest BCUT2D eigenvalue weighted by Crippen LogP contribution is -2.48. The van der Waals surface area contributed by atoms with Gasteiger partial charge in [0.2, 0.25) is 5.76 Å². The van der Waals surface area contributed by atoms with E-state index < -0.39 is 42.8 Å². The molecule has 2 heterocycles. The van der Waals surface area contributed by atoms with Crippen LogP contribution in [0.15, 0.2) is 18.0 Å². The van der Waals surface area contributed by atoms with E-state index in [1.807, 2.05) is 0 Å². The van der Waals surface area contributed by atoms with Crippen LogP contribution in [0.25, 0.3) is 0 Å². The van der Waals surface area contributed by atoms with E-state index in [1.165, 1.54) is 24.1 Å². The average Bonchev–Trinajstić information content (AvgIpc) is 3.01. The summed E-state index contributed by atoms with van der Waals surface area (Å²) in [5.41, 5.74) is 0.619. The molecule has 1 aromatic rings. The lowest BCUT2D eigenvalue weighted by Gasteiger charge is -2.38. The number of aliphatic hydroxyl groups excluding tert-OH is 3. The van der Waals surface area contributed by atoms with Gasteiger partial charge in [-0.2, -0.15) is 0 Å². The Kier molecular flexibility index (Phi) is 5.89. The molecular weight excluding hydrogens is 322 g/mol. The van der Waals surface area contributed by atoms with E-state index in [2.05, 4.69) is 10.3 Å². The van der Waals surface area contributed by atoms with Crippen molar-refractivity contribution in [3.63, 3.8) is 0 Å². The van der Waals surface area contributed by atoms with Crippen LogP contribution < -0.4 is 0 Å². The smallest absolute Gasteiger partial charge is 0.370 e. The fraction of sp³-hybridized carbons (Fsp3) is 0.643. The number of hydrogen-bond acceptors (Lipinski definition) is 8. The summed E-state index contributed by atoms with van der Waals surface area (Å²) in [4.78, 5) is 11.3. The standard InChI is InChI=1S/C14H21N3O7/c1-7-9(17-8(6-23-2)4-15-16-17)3-11(14(21)22)24-13(7)12(20)10(19)5-18/h3-4,7,9-10,12-13,18-20H,5-6H2,1-2H3,(H,21,22)/t7-,9+,10?,12-,13-/m1/s1. The molecule has 0 aromatic carbocycles. The molecule has 1 aromatic heterocycles. The van der Waals surface area contributed by atoms with E-state index in [0.717, 1.165) is 0 Å². The highest BCUT2D eigenvalue weighted by Gasteiger charge is 2.42. The molecule has 1 aliphatic rings. The number of methoxy groups -OCH3 is 1. The minimum Gasteiger partial charge on any atom is -0.480 e. The Morgan fingerprint density at radius 3 is 2.79 bits per heavy atom. The first kappa shape index (κ1) is 18.3. The Hall–Kier alpha value is -2.01. The highest BCUT2D eigenvalue weighted by Crippen LogP contribution is 2.34. The number of aliphatic carboxylic acids is 1. The zero-order valence-electron chi connectivity index (χ0n) is 13.3. The maximum Gasteiger partial charge on any atom is 0.370 e. The van der Waals surface area contributed by atoms with E-state index in [1.54, 1.807) is 6.92 Å². The second-order valence-electron chi connectivity index (χ2n) is 5.61. The van der Waals surface area contributed by atoms with Crippen LogP contribution in [0.2, 0.25) is 0 Å². The molecule has 0 aliphatic carbocycles. The van der Waals surface area contributed by atoms with E-state index in [-0.39, 0.29) is 12.4 Å². The zero-order chi connectivity index (χ0) is 17.9. The van der Waals surface area contributed by atoms with Crippen molar-refractivity contribution in [3.05, 3.63) is 23.7 Å². The van der Waals surface area contributed by atoms with Crippen molar-refractivity contribution in [2.24, 2.45) is 5.92 Å². The minimum absolute atomic E-state index is 0.222. The Labute approximate surface area is 137 Å². The molecule has 2 rings (SSSR count). The van der Waals surface area contributed by atoms with Crippen molar-refractivity contribution in [3.8, 4) is 0 Å². The van der Waals surface area contributed by atoms with Crippen LogP contribution in [-0.4, -0.2) is 73.4 Å². The van der Waals surface area contributed by atoms with Gasteiger partial charge in [-0.15, -0.1) is 5.10 Å². The van der Waals surface area contributed by atoms with Crippen molar-refractivity contribution >= 4 is 5.97 Å². The molecule has 0 radical (unpaired) electrons. The first-order chi connectivity index (χ1) is 11.4. The van der Waals surface area contributed by atoms with Crippen molar-refractivity contribution < 1.29 is 34.7 Å². The number of aromatic nitrogens is 3. The van der Waals surface area contributed by atoms with Crippen LogP contribution >= 0.6 is 0 Å². The molecule has 5 atom stereocenters. The predicted octanol–water partition coefficient (Wildman–Crippen LogP) is -1.32. The maximum absolute atomic E-state index is 11.3. The summed E-state index contributed by atoms with van der Waals surface area (Å²) in [5.74, 6) is -2.14. The lowest BCUT2D eigenvalue weighted by atomic mass is 9.87. The van der Waals surface area contributed by atoms with Crippen molar-refractivity contribution in [2.75, 3.05) is 13.7 Å². The molecule has 10 nitrogen and oxygen atoms in total.